The lowest BCUT2D eigenvalue weighted by atomic mass is 9.71. The molecule has 26 heavy (non-hydrogen) atoms. The molecule has 1 N–H and O–H groups in total. The average Bonchev–Trinajstić information content (AvgIpc) is 2.85. The molecule has 0 bridgehead atoms. The zero-order valence-electron chi connectivity index (χ0n) is 15.1. The standard InChI is InChI=1S/C20H21ClN4O/c1-12-11-16(17-13(2)24-25(3)18(17)22-12)19(26)23-20(9-4-10-20)14-5-7-15(21)8-6-14/h5-8,11H,4,9-10H2,1-3H3,(H,23,26). The molecule has 1 fully saturated rings. The van der Waals surface area contributed by atoms with Crippen molar-refractivity contribution >= 4 is 28.5 Å². The number of amides is 1. The summed E-state index contributed by atoms with van der Waals surface area (Å²) < 4.78 is 1.73. The van der Waals surface area contributed by atoms with E-state index in [1.54, 1.807) is 4.68 Å². The highest BCUT2D eigenvalue weighted by Gasteiger charge is 2.40. The monoisotopic (exact) mass is 368 g/mol. The molecule has 6 heteroatoms. The molecule has 1 aliphatic rings. The Hall–Kier alpha value is -2.40. The zero-order chi connectivity index (χ0) is 18.5. The highest BCUT2D eigenvalue weighted by atomic mass is 35.5. The van der Waals surface area contributed by atoms with Crippen molar-refractivity contribution in [1.82, 2.24) is 20.1 Å². The first-order valence-electron chi connectivity index (χ1n) is 8.79. The van der Waals surface area contributed by atoms with Crippen LogP contribution in [-0.2, 0) is 12.6 Å². The maximum absolute atomic E-state index is 13.2. The summed E-state index contributed by atoms with van der Waals surface area (Å²) in [6.45, 7) is 3.81. The van der Waals surface area contributed by atoms with Crippen molar-refractivity contribution in [2.45, 2.75) is 38.6 Å². The molecule has 4 rings (SSSR count). The Balaban J connectivity index is 1.74. The molecule has 5 nitrogen and oxygen atoms in total. The summed E-state index contributed by atoms with van der Waals surface area (Å²) in [6.07, 6.45) is 2.96. The molecule has 2 heterocycles. The van der Waals surface area contributed by atoms with Gasteiger partial charge in [0.2, 0.25) is 0 Å². The fourth-order valence-electron chi connectivity index (χ4n) is 3.82. The highest BCUT2D eigenvalue weighted by Crippen LogP contribution is 2.42. The van der Waals surface area contributed by atoms with Gasteiger partial charge < -0.3 is 5.32 Å². The molecular weight excluding hydrogens is 348 g/mol. The predicted molar refractivity (Wildman–Crippen MR) is 102 cm³/mol. The van der Waals surface area contributed by atoms with E-state index in [9.17, 15) is 4.79 Å². The average molecular weight is 369 g/mol. The molecule has 0 aliphatic heterocycles. The van der Waals surface area contributed by atoms with Gasteiger partial charge in [-0.3, -0.25) is 9.48 Å². The van der Waals surface area contributed by atoms with Crippen molar-refractivity contribution in [3.63, 3.8) is 0 Å². The van der Waals surface area contributed by atoms with Gasteiger partial charge in [-0.1, -0.05) is 23.7 Å². The Morgan fingerprint density at radius 2 is 1.92 bits per heavy atom. The maximum Gasteiger partial charge on any atom is 0.252 e. The lowest BCUT2D eigenvalue weighted by Gasteiger charge is -2.43. The van der Waals surface area contributed by atoms with Crippen molar-refractivity contribution in [2.75, 3.05) is 0 Å². The number of hydrogen-bond donors (Lipinski definition) is 1. The van der Waals surface area contributed by atoms with Gasteiger partial charge in [-0.2, -0.15) is 5.10 Å². The third-order valence-electron chi connectivity index (χ3n) is 5.30. The quantitative estimate of drug-likeness (QED) is 0.758. The number of halogens is 1. The number of nitrogens with one attached hydrogen (secondary N) is 1. The van der Waals surface area contributed by atoms with Gasteiger partial charge in [-0.15, -0.1) is 0 Å². The first-order valence-corrected chi connectivity index (χ1v) is 9.17. The number of pyridine rings is 1. The Bertz CT molecular complexity index is 1000. The van der Waals surface area contributed by atoms with Crippen LogP contribution in [0.1, 0.15) is 46.6 Å². The molecule has 1 aromatic carbocycles. The Labute approximate surface area is 157 Å². The van der Waals surface area contributed by atoms with E-state index in [1.165, 1.54) is 0 Å². The lowest BCUT2D eigenvalue weighted by molar-refractivity contribution is 0.0825. The van der Waals surface area contributed by atoms with Gasteiger partial charge in [0.05, 0.1) is 22.2 Å². The molecule has 0 saturated heterocycles. The number of hydrogen-bond acceptors (Lipinski definition) is 3. The molecular formula is C20H21ClN4O. The Kier molecular flexibility index (Phi) is 3.99. The highest BCUT2D eigenvalue weighted by molar-refractivity contribution is 6.30. The summed E-state index contributed by atoms with van der Waals surface area (Å²) in [5, 5.41) is 9.24. The van der Waals surface area contributed by atoms with Gasteiger partial charge in [0.25, 0.3) is 5.91 Å². The SMILES string of the molecule is Cc1cc(C(=O)NC2(c3ccc(Cl)cc3)CCC2)c2c(C)nn(C)c2n1. The minimum atomic E-state index is -0.318. The van der Waals surface area contributed by atoms with Gasteiger partial charge in [0.1, 0.15) is 0 Å². The summed E-state index contributed by atoms with van der Waals surface area (Å²) in [5.74, 6) is -0.0775. The van der Waals surface area contributed by atoms with Gasteiger partial charge in [-0.25, -0.2) is 4.98 Å². The van der Waals surface area contributed by atoms with Crippen LogP contribution in [0.2, 0.25) is 5.02 Å². The summed E-state index contributed by atoms with van der Waals surface area (Å²) in [7, 11) is 1.85. The van der Waals surface area contributed by atoms with Crippen molar-refractivity contribution < 1.29 is 4.79 Å². The molecule has 1 aliphatic carbocycles. The van der Waals surface area contributed by atoms with Crippen LogP contribution in [0.25, 0.3) is 11.0 Å². The molecule has 1 amide bonds. The van der Waals surface area contributed by atoms with E-state index in [2.05, 4.69) is 15.4 Å². The third kappa shape index (κ3) is 2.67. The number of carbonyl (C=O) groups is 1. The van der Waals surface area contributed by atoms with Crippen LogP contribution in [0, 0.1) is 13.8 Å². The molecule has 0 spiro atoms. The van der Waals surface area contributed by atoms with E-state index >= 15 is 0 Å². The maximum atomic E-state index is 13.2. The summed E-state index contributed by atoms with van der Waals surface area (Å²) in [5.41, 5.74) is 3.78. The van der Waals surface area contributed by atoms with Gasteiger partial charge >= 0.3 is 0 Å². The van der Waals surface area contributed by atoms with E-state index in [-0.39, 0.29) is 11.4 Å². The summed E-state index contributed by atoms with van der Waals surface area (Å²) >= 11 is 6.02. The molecule has 0 radical (unpaired) electrons. The normalized spacial score (nSPS) is 15.7. The third-order valence-corrected chi connectivity index (χ3v) is 5.55. The summed E-state index contributed by atoms with van der Waals surface area (Å²) in [6, 6.07) is 9.61. The first-order chi connectivity index (χ1) is 12.4. The second-order valence-electron chi connectivity index (χ2n) is 7.12. The number of nitrogens with zero attached hydrogens (tertiary/aromatic N) is 3. The van der Waals surface area contributed by atoms with Crippen molar-refractivity contribution in [1.29, 1.82) is 0 Å². The second kappa shape index (κ2) is 6.09. The zero-order valence-corrected chi connectivity index (χ0v) is 15.9. The molecule has 134 valence electrons. The van der Waals surface area contributed by atoms with E-state index < -0.39 is 0 Å². The van der Waals surface area contributed by atoms with Crippen LogP contribution < -0.4 is 5.32 Å². The topological polar surface area (TPSA) is 59.8 Å². The van der Waals surface area contributed by atoms with Crippen LogP contribution in [-0.4, -0.2) is 20.7 Å². The van der Waals surface area contributed by atoms with Crippen LogP contribution in [0.5, 0.6) is 0 Å². The van der Waals surface area contributed by atoms with Crippen LogP contribution in [0.3, 0.4) is 0 Å². The minimum absolute atomic E-state index is 0.0775. The number of carbonyl (C=O) groups excluding carboxylic acids is 1. The summed E-state index contributed by atoms with van der Waals surface area (Å²) in [4.78, 5) is 17.8. The molecule has 3 aromatic rings. The smallest absolute Gasteiger partial charge is 0.252 e. The number of aromatic nitrogens is 3. The fourth-order valence-corrected chi connectivity index (χ4v) is 3.94. The fraction of sp³-hybridized carbons (Fsp3) is 0.350. The Morgan fingerprint density at radius 1 is 1.23 bits per heavy atom. The second-order valence-corrected chi connectivity index (χ2v) is 7.55. The van der Waals surface area contributed by atoms with Crippen LogP contribution in [0.15, 0.2) is 30.3 Å². The van der Waals surface area contributed by atoms with E-state index in [4.69, 9.17) is 11.6 Å². The number of aryl methyl sites for hydroxylation is 3. The first kappa shape index (κ1) is 17.0. The lowest BCUT2D eigenvalue weighted by Crippen LogP contribution is -2.50. The molecule has 1 saturated carbocycles. The number of fused-ring (bicyclic) bond motifs is 1. The number of rotatable bonds is 3. The minimum Gasteiger partial charge on any atom is -0.343 e. The van der Waals surface area contributed by atoms with Crippen LogP contribution in [0.4, 0.5) is 0 Å². The number of benzene rings is 1. The van der Waals surface area contributed by atoms with Crippen molar-refractivity contribution in [3.8, 4) is 0 Å². The van der Waals surface area contributed by atoms with E-state index in [0.717, 1.165) is 47.2 Å². The molecule has 0 unspecified atom stereocenters. The Morgan fingerprint density at radius 3 is 2.54 bits per heavy atom. The van der Waals surface area contributed by atoms with E-state index in [0.29, 0.717) is 10.6 Å². The predicted octanol–water partition coefficient (Wildman–Crippen LogP) is 4.05. The van der Waals surface area contributed by atoms with E-state index in [1.807, 2.05) is 51.2 Å². The van der Waals surface area contributed by atoms with Gasteiger partial charge in [0.15, 0.2) is 5.65 Å². The van der Waals surface area contributed by atoms with Crippen LogP contribution >= 0.6 is 11.6 Å². The largest absolute Gasteiger partial charge is 0.343 e. The van der Waals surface area contributed by atoms with Crippen molar-refractivity contribution in [3.05, 3.63) is 57.9 Å². The van der Waals surface area contributed by atoms with Gasteiger partial charge in [0, 0.05) is 17.8 Å². The molecule has 0 atom stereocenters. The molecule has 2 aromatic heterocycles. The van der Waals surface area contributed by atoms with Gasteiger partial charge in [-0.05, 0) is 56.9 Å². The van der Waals surface area contributed by atoms with Crippen molar-refractivity contribution in [2.24, 2.45) is 7.05 Å².